The molecule has 0 aliphatic carbocycles. The zero-order valence-electron chi connectivity index (χ0n) is 10.1. The van der Waals surface area contributed by atoms with Gasteiger partial charge in [0.15, 0.2) is 0 Å². The molecule has 0 aliphatic heterocycles. The number of nitrogens with two attached hydrogens (primary N) is 1. The van der Waals surface area contributed by atoms with E-state index in [4.69, 9.17) is 5.73 Å². The monoisotopic (exact) mass is 282 g/mol. The Hall–Kier alpha value is -1.34. The number of hydrogen-bond acceptors (Lipinski definition) is 6. The second-order valence-electron chi connectivity index (χ2n) is 3.87. The topological polar surface area (TPSA) is 80.9 Å². The number of nitrogens with zero attached hydrogens (tertiary/aromatic N) is 2. The van der Waals surface area contributed by atoms with Crippen molar-refractivity contribution < 1.29 is 4.79 Å². The summed E-state index contributed by atoms with van der Waals surface area (Å²) in [4.78, 5) is 21.8. The molecule has 3 N–H and O–H groups in total. The minimum absolute atomic E-state index is 0.110. The molecule has 0 atom stereocenters. The average Bonchev–Trinajstić information content (AvgIpc) is 2.63. The van der Waals surface area contributed by atoms with Crippen LogP contribution in [0.5, 0.6) is 0 Å². The number of aromatic nitrogens is 2. The van der Waals surface area contributed by atoms with Crippen LogP contribution in [0.3, 0.4) is 0 Å². The van der Waals surface area contributed by atoms with Gasteiger partial charge in [-0.05, 0) is 19.4 Å². The van der Waals surface area contributed by atoms with E-state index in [-0.39, 0.29) is 5.91 Å². The van der Waals surface area contributed by atoms with Gasteiger partial charge in [0.25, 0.3) is 5.91 Å². The van der Waals surface area contributed by atoms with Gasteiger partial charge in [-0.3, -0.25) is 4.79 Å². The van der Waals surface area contributed by atoms with Crippen molar-refractivity contribution in [1.29, 1.82) is 0 Å². The number of nitrogens with one attached hydrogen (secondary N) is 1. The van der Waals surface area contributed by atoms with Gasteiger partial charge in [-0.25, -0.2) is 9.97 Å². The number of thiophene rings is 1. The average molecular weight is 282 g/mol. The maximum absolute atomic E-state index is 12.0. The molecule has 5 nitrogen and oxygen atoms in total. The number of carbonyl (C=O) groups excluding carboxylic acids is 1. The van der Waals surface area contributed by atoms with Crippen molar-refractivity contribution in [3.63, 3.8) is 0 Å². The molecule has 0 saturated carbocycles. The molecule has 0 radical (unpaired) electrons. The van der Waals surface area contributed by atoms with Crippen molar-refractivity contribution in [2.24, 2.45) is 0 Å². The molecule has 2 aromatic rings. The van der Waals surface area contributed by atoms with E-state index in [0.29, 0.717) is 28.8 Å². The first kappa shape index (κ1) is 13.1. The fourth-order valence-corrected chi connectivity index (χ4v) is 3.01. The molecule has 2 heterocycles. The van der Waals surface area contributed by atoms with Crippen LogP contribution in [-0.2, 0) is 0 Å². The maximum atomic E-state index is 12.0. The van der Waals surface area contributed by atoms with Crippen LogP contribution in [0.15, 0.2) is 0 Å². The van der Waals surface area contributed by atoms with Crippen molar-refractivity contribution in [3.05, 3.63) is 16.3 Å². The van der Waals surface area contributed by atoms with Gasteiger partial charge in [-0.2, -0.15) is 12.6 Å². The number of nitrogen functional groups attached to an aromatic ring is 1. The molecule has 0 spiro atoms. The van der Waals surface area contributed by atoms with E-state index in [9.17, 15) is 4.79 Å². The fourth-order valence-electron chi connectivity index (χ4n) is 1.75. The van der Waals surface area contributed by atoms with Crippen molar-refractivity contribution in [2.45, 2.75) is 13.8 Å². The Labute approximate surface area is 114 Å². The first-order chi connectivity index (χ1) is 8.54. The predicted octanol–water partition coefficient (Wildman–Crippen LogP) is 1.55. The number of amides is 1. The van der Waals surface area contributed by atoms with Crippen molar-refractivity contribution in [1.82, 2.24) is 15.3 Å². The van der Waals surface area contributed by atoms with E-state index in [1.165, 1.54) is 11.3 Å². The normalized spacial score (nSPS) is 10.8. The first-order valence-corrected chi connectivity index (χ1v) is 6.91. The summed E-state index contributed by atoms with van der Waals surface area (Å²) in [6.07, 6.45) is 0. The minimum Gasteiger partial charge on any atom is -0.383 e. The summed E-state index contributed by atoms with van der Waals surface area (Å²) in [7, 11) is 0. The lowest BCUT2D eigenvalue weighted by Crippen LogP contribution is -2.24. The third kappa shape index (κ3) is 2.28. The Balaban J connectivity index is 2.50. The summed E-state index contributed by atoms with van der Waals surface area (Å²) < 4.78 is 0. The molecule has 0 fully saturated rings. The molecule has 0 bridgehead atoms. The Morgan fingerprint density at radius 3 is 2.83 bits per heavy atom. The lowest BCUT2D eigenvalue weighted by Gasteiger charge is -2.01. The van der Waals surface area contributed by atoms with Crippen LogP contribution in [0.1, 0.15) is 21.1 Å². The molecule has 0 aromatic carbocycles. The minimum atomic E-state index is -0.110. The smallest absolute Gasteiger partial charge is 0.261 e. The molecule has 0 aliphatic rings. The second kappa shape index (κ2) is 5.11. The highest BCUT2D eigenvalue weighted by Gasteiger charge is 2.18. The van der Waals surface area contributed by atoms with Gasteiger partial charge >= 0.3 is 0 Å². The molecule has 2 aromatic heterocycles. The van der Waals surface area contributed by atoms with Gasteiger partial charge in [-0.15, -0.1) is 11.3 Å². The molecule has 7 heteroatoms. The van der Waals surface area contributed by atoms with E-state index in [1.54, 1.807) is 6.92 Å². The largest absolute Gasteiger partial charge is 0.383 e. The van der Waals surface area contributed by atoms with Crippen molar-refractivity contribution in [3.8, 4) is 0 Å². The van der Waals surface area contributed by atoms with Gasteiger partial charge in [-0.1, -0.05) is 0 Å². The summed E-state index contributed by atoms with van der Waals surface area (Å²) in [5, 5.41) is 3.57. The SMILES string of the molecule is Cc1nc(N)c2c(C)c(C(=O)NCCS)sc2n1. The first-order valence-electron chi connectivity index (χ1n) is 5.47. The summed E-state index contributed by atoms with van der Waals surface area (Å²) >= 11 is 5.40. The highest BCUT2D eigenvalue weighted by Crippen LogP contribution is 2.32. The summed E-state index contributed by atoms with van der Waals surface area (Å²) in [6, 6.07) is 0. The van der Waals surface area contributed by atoms with E-state index in [2.05, 4.69) is 27.9 Å². The van der Waals surface area contributed by atoms with Crippen LogP contribution in [0.2, 0.25) is 0 Å². The number of anilines is 1. The highest BCUT2D eigenvalue weighted by atomic mass is 32.1. The summed E-state index contributed by atoms with van der Waals surface area (Å²) in [5.74, 6) is 1.54. The Kier molecular flexibility index (Phi) is 3.72. The standard InChI is InChI=1S/C11H14N4OS2/c1-5-7-9(12)14-6(2)15-11(7)18-8(5)10(16)13-3-4-17/h17H,3-4H2,1-2H3,(H,13,16)(H2,12,14,15). The zero-order valence-corrected chi connectivity index (χ0v) is 11.9. The zero-order chi connectivity index (χ0) is 13.3. The van der Waals surface area contributed by atoms with Gasteiger partial charge in [0.1, 0.15) is 16.5 Å². The molecule has 2 rings (SSSR count). The highest BCUT2D eigenvalue weighted by molar-refractivity contribution is 7.80. The third-order valence-electron chi connectivity index (χ3n) is 2.53. The maximum Gasteiger partial charge on any atom is 0.261 e. The lowest BCUT2D eigenvalue weighted by molar-refractivity contribution is 0.0960. The Bertz CT molecular complexity index is 609. The van der Waals surface area contributed by atoms with E-state index in [1.807, 2.05) is 6.92 Å². The Morgan fingerprint density at radius 2 is 2.17 bits per heavy atom. The molecule has 96 valence electrons. The Morgan fingerprint density at radius 1 is 1.44 bits per heavy atom. The van der Waals surface area contributed by atoms with Gasteiger partial charge in [0.2, 0.25) is 0 Å². The summed E-state index contributed by atoms with van der Waals surface area (Å²) in [6.45, 7) is 4.19. The van der Waals surface area contributed by atoms with Gasteiger partial charge in [0, 0.05) is 12.3 Å². The second-order valence-corrected chi connectivity index (χ2v) is 5.32. The van der Waals surface area contributed by atoms with Crippen LogP contribution >= 0.6 is 24.0 Å². The predicted molar refractivity (Wildman–Crippen MR) is 77.5 cm³/mol. The number of rotatable bonds is 3. The van der Waals surface area contributed by atoms with Crippen LogP contribution in [0.4, 0.5) is 5.82 Å². The number of aryl methyl sites for hydroxylation is 2. The number of thiol groups is 1. The number of carbonyl (C=O) groups is 1. The van der Waals surface area contributed by atoms with E-state index < -0.39 is 0 Å². The molecular weight excluding hydrogens is 268 g/mol. The molecule has 1 amide bonds. The third-order valence-corrected chi connectivity index (χ3v) is 3.94. The van der Waals surface area contributed by atoms with Crippen molar-refractivity contribution >= 4 is 45.9 Å². The molecular formula is C11H14N4OS2. The van der Waals surface area contributed by atoms with Crippen LogP contribution < -0.4 is 11.1 Å². The van der Waals surface area contributed by atoms with Crippen LogP contribution in [0, 0.1) is 13.8 Å². The number of fused-ring (bicyclic) bond motifs is 1. The van der Waals surface area contributed by atoms with E-state index in [0.717, 1.165) is 15.8 Å². The van der Waals surface area contributed by atoms with Crippen LogP contribution in [-0.4, -0.2) is 28.2 Å². The molecule has 18 heavy (non-hydrogen) atoms. The molecule has 0 saturated heterocycles. The van der Waals surface area contributed by atoms with Gasteiger partial charge < -0.3 is 11.1 Å². The fraction of sp³-hybridized carbons (Fsp3) is 0.364. The lowest BCUT2D eigenvalue weighted by atomic mass is 10.2. The van der Waals surface area contributed by atoms with Crippen LogP contribution in [0.25, 0.3) is 10.2 Å². The quantitative estimate of drug-likeness (QED) is 0.746. The summed E-state index contributed by atoms with van der Waals surface area (Å²) in [5.41, 5.74) is 6.72. The van der Waals surface area contributed by atoms with E-state index >= 15 is 0 Å². The molecule has 0 unspecified atom stereocenters. The van der Waals surface area contributed by atoms with Crippen molar-refractivity contribution in [2.75, 3.05) is 18.0 Å². The number of hydrogen-bond donors (Lipinski definition) is 3. The van der Waals surface area contributed by atoms with Gasteiger partial charge in [0.05, 0.1) is 10.3 Å².